The fourth-order valence-corrected chi connectivity index (χ4v) is 2.57. The molecule has 0 amide bonds. The molecule has 13 heteroatoms. The number of hydrogen-bond donors (Lipinski definition) is 0. The van der Waals surface area contributed by atoms with Gasteiger partial charge in [0.05, 0.1) is 12.4 Å². The van der Waals surface area contributed by atoms with Gasteiger partial charge in [0.15, 0.2) is 0 Å². The first-order valence-electron chi connectivity index (χ1n) is 10.4. The Bertz CT molecular complexity index is 1280. The van der Waals surface area contributed by atoms with Gasteiger partial charge in [0.2, 0.25) is 0 Å². The van der Waals surface area contributed by atoms with E-state index in [1.165, 1.54) is 61.5 Å². The summed E-state index contributed by atoms with van der Waals surface area (Å²) in [6.07, 6.45) is 8.64. The second kappa shape index (κ2) is 18.5. The molecule has 0 saturated carbocycles. The van der Waals surface area contributed by atoms with Crippen LogP contribution in [0.2, 0.25) is 0 Å². The molecule has 0 spiro atoms. The molecule has 205 valence electrons. The number of nitrogens with zero attached hydrogens (tertiary/aromatic N) is 6. The Morgan fingerprint density at radius 3 is 1.31 bits per heavy atom. The van der Waals surface area contributed by atoms with E-state index in [1.807, 2.05) is 0 Å². The first kappa shape index (κ1) is 34.3. The molecule has 4 N–H and O–H groups in total. The van der Waals surface area contributed by atoms with Crippen molar-refractivity contribution in [3.05, 3.63) is 131 Å². The molecular weight excluding hydrogens is 562 g/mol. The average molecular weight is 584 g/mol. The number of rotatable bonds is 6. The first-order valence-corrected chi connectivity index (χ1v) is 10.4. The Morgan fingerprint density at radius 1 is 0.615 bits per heavy atom. The number of hydrogen-bond acceptors (Lipinski definition) is 8. The topological polar surface area (TPSA) is 184 Å². The smallest absolute Gasteiger partial charge is 0.857 e. The Hall–Kier alpha value is -4.68. The zero-order valence-electron chi connectivity index (χ0n) is 19.9. The maximum absolute atomic E-state index is 12.9. The molecule has 0 bridgehead atoms. The minimum Gasteiger partial charge on any atom is -0.857 e. The van der Waals surface area contributed by atoms with Crippen molar-refractivity contribution in [2.45, 2.75) is 0 Å². The summed E-state index contributed by atoms with van der Waals surface area (Å²) in [5.41, 5.74) is 1.89. The molecule has 2 heterocycles. The monoisotopic (exact) mass is 583 g/mol. The number of benzene rings is 2. The van der Waals surface area contributed by atoms with Crippen molar-refractivity contribution in [3.63, 3.8) is 0 Å². The summed E-state index contributed by atoms with van der Waals surface area (Å²) in [6, 6.07) is 17.9. The van der Waals surface area contributed by atoms with Crippen LogP contribution in [0.4, 0.5) is 8.78 Å². The zero-order chi connectivity index (χ0) is 25.6. The minimum absolute atomic E-state index is 0. The third-order valence-corrected chi connectivity index (χ3v) is 4.26. The van der Waals surface area contributed by atoms with Crippen molar-refractivity contribution in [1.29, 1.82) is 0 Å². The van der Waals surface area contributed by atoms with E-state index in [0.717, 1.165) is 0 Å². The van der Waals surface area contributed by atoms with E-state index in [-0.39, 0.29) is 39.7 Å². The van der Waals surface area contributed by atoms with E-state index < -0.39 is 11.8 Å². The van der Waals surface area contributed by atoms with Crippen molar-refractivity contribution >= 4 is 24.2 Å². The number of aromatic nitrogens is 2. The quantitative estimate of drug-likeness (QED) is 0.142. The molecule has 0 saturated heterocycles. The van der Waals surface area contributed by atoms with Crippen molar-refractivity contribution in [3.8, 4) is 0 Å². The van der Waals surface area contributed by atoms with Crippen LogP contribution in [0.3, 0.4) is 0 Å². The van der Waals surface area contributed by atoms with Gasteiger partial charge in [-0.05, 0) is 70.8 Å². The Kier molecular flexibility index (Phi) is 16.3. The van der Waals surface area contributed by atoms with E-state index in [4.69, 9.17) is 0 Å². The van der Waals surface area contributed by atoms with Crippen LogP contribution < -0.4 is 10.2 Å². The molecular formula is C26H22CuF2N6O4. The van der Waals surface area contributed by atoms with Crippen molar-refractivity contribution in [1.82, 2.24) is 9.97 Å². The van der Waals surface area contributed by atoms with Crippen LogP contribution in [0.25, 0.3) is 0 Å². The Balaban J connectivity index is 0.000000688. The van der Waals surface area contributed by atoms with E-state index in [2.05, 4.69) is 30.4 Å². The summed E-state index contributed by atoms with van der Waals surface area (Å²) in [5, 5.41) is 37.3. The minimum atomic E-state index is -0.468. The zero-order valence-corrected chi connectivity index (χ0v) is 20.9. The molecule has 2 aromatic heterocycles. The van der Waals surface area contributed by atoms with E-state index >= 15 is 0 Å². The molecule has 10 nitrogen and oxygen atoms in total. The largest absolute Gasteiger partial charge is 2.00 e. The van der Waals surface area contributed by atoms with Crippen LogP contribution in [-0.2, 0) is 17.1 Å². The third-order valence-electron chi connectivity index (χ3n) is 4.26. The maximum atomic E-state index is 12.9. The summed E-state index contributed by atoms with van der Waals surface area (Å²) in [7, 11) is 0. The Morgan fingerprint density at radius 2 is 0.974 bits per heavy atom. The van der Waals surface area contributed by atoms with Crippen LogP contribution in [-0.4, -0.2) is 45.1 Å². The fourth-order valence-electron chi connectivity index (χ4n) is 2.57. The van der Waals surface area contributed by atoms with E-state index in [1.54, 1.807) is 48.5 Å². The van der Waals surface area contributed by atoms with Gasteiger partial charge in [-0.15, -0.1) is 0 Å². The molecule has 0 fully saturated rings. The average Bonchev–Trinajstić information content (AvgIpc) is 2.90. The van der Waals surface area contributed by atoms with Gasteiger partial charge in [0.1, 0.15) is 11.6 Å². The first-order chi connectivity index (χ1) is 17.5. The predicted octanol–water partition coefficient (Wildman–Crippen LogP) is 1.07. The van der Waals surface area contributed by atoms with Gasteiger partial charge in [0.25, 0.3) is 0 Å². The van der Waals surface area contributed by atoms with Crippen LogP contribution in [0, 0.1) is 11.6 Å². The predicted molar refractivity (Wildman–Crippen MR) is 137 cm³/mol. The second-order valence-corrected chi connectivity index (χ2v) is 6.88. The molecule has 4 aromatic rings. The van der Waals surface area contributed by atoms with Gasteiger partial charge in [0, 0.05) is 36.6 Å². The van der Waals surface area contributed by atoms with Crippen LogP contribution >= 0.6 is 0 Å². The van der Waals surface area contributed by atoms with E-state index in [9.17, 15) is 19.0 Å². The summed E-state index contributed by atoms with van der Waals surface area (Å²) >= 11 is 0. The molecule has 0 aliphatic heterocycles. The molecule has 0 atom stereocenters. The molecule has 0 unspecified atom stereocenters. The molecule has 0 aliphatic carbocycles. The SMILES string of the molecule is O.O.[Cu+2].[O-]/C(=N\N=C\c1cccc(F)c1)c1ccncc1.[O-]/C(=N\N=C\c1cccc(F)c1)c1ccncc1. The van der Waals surface area contributed by atoms with Crippen LogP contribution in [0.5, 0.6) is 0 Å². The Labute approximate surface area is 233 Å². The van der Waals surface area contributed by atoms with Crippen molar-refractivity contribution in [2.24, 2.45) is 20.4 Å². The molecule has 1 radical (unpaired) electrons. The van der Waals surface area contributed by atoms with E-state index in [0.29, 0.717) is 22.3 Å². The van der Waals surface area contributed by atoms with Crippen LogP contribution in [0.15, 0.2) is 118 Å². The maximum Gasteiger partial charge on any atom is 2.00 e. The third kappa shape index (κ3) is 12.4. The molecule has 4 rings (SSSR count). The van der Waals surface area contributed by atoms with Gasteiger partial charge in [-0.1, -0.05) is 24.3 Å². The summed E-state index contributed by atoms with van der Waals surface area (Å²) in [5.74, 6) is -1.66. The van der Waals surface area contributed by atoms with Gasteiger partial charge in [-0.2, -0.15) is 20.4 Å². The molecule has 2 aromatic carbocycles. The summed E-state index contributed by atoms with van der Waals surface area (Å²) in [4.78, 5) is 7.58. The van der Waals surface area contributed by atoms with Gasteiger partial charge in [-0.3, -0.25) is 9.97 Å². The van der Waals surface area contributed by atoms with Crippen molar-refractivity contribution in [2.75, 3.05) is 0 Å². The van der Waals surface area contributed by atoms with Gasteiger partial charge >= 0.3 is 17.1 Å². The standard InChI is InChI=1S/2C13H10FN3O.Cu.2H2O/c2*14-12-3-1-2-10(8-12)9-16-17-13(18)11-4-6-15-7-5-11;;;/h2*1-9H,(H,17,18);;2*1H2/q;;+2;;/p-2/b2*16-9+;;;. The number of pyridine rings is 2. The summed E-state index contributed by atoms with van der Waals surface area (Å²) in [6.45, 7) is 0. The van der Waals surface area contributed by atoms with Crippen LogP contribution in [0.1, 0.15) is 22.3 Å². The van der Waals surface area contributed by atoms with Crippen molar-refractivity contribution < 1.29 is 47.0 Å². The van der Waals surface area contributed by atoms with Gasteiger partial charge in [-0.25, -0.2) is 8.78 Å². The second-order valence-electron chi connectivity index (χ2n) is 6.88. The van der Waals surface area contributed by atoms with Gasteiger partial charge < -0.3 is 21.2 Å². The summed E-state index contributed by atoms with van der Waals surface area (Å²) < 4.78 is 25.7. The molecule has 39 heavy (non-hydrogen) atoms. The normalized spacial score (nSPS) is 11.0. The molecule has 0 aliphatic rings. The number of halogens is 2. The fraction of sp³-hybridized carbons (Fsp3) is 0.